The molecule has 23 heavy (non-hydrogen) atoms. The van der Waals surface area contributed by atoms with E-state index < -0.39 is 10.1 Å². The van der Waals surface area contributed by atoms with Crippen molar-refractivity contribution in [2.45, 2.75) is 4.90 Å². The third-order valence-corrected chi connectivity index (χ3v) is 6.52. The van der Waals surface area contributed by atoms with Crippen molar-refractivity contribution in [3.63, 3.8) is 0 Å². The van der Waals surface area contributed by atoms with E-state index in [0.29, 0.717) is 0 Å². The predicted molar refractivity (Wildman–Crippen MR) is 96.1 cm³/mol. The number of hydrogen-bond donors (Lipinski definition) is 0. The van der Waals surface area contributed by atoms with Crippen LogP contribution in [0.25, 0.3) is 11.1 Å². The molecule has 3 nitrogen and oxygen atoms in total. The van der Waals surface area contributed by atoms with Gasteiger partial charge in [-0.15, -0.1) is 0 Å². The second kappa shape index (κ2) is 7.14. The van der Waals surface area contributed by atoms with E-state index >= 15 is 0 Å². The molecule has 0 saturated heterocycles. The first-order valence-corrected chi connectivity index (χ1v) is 9.40. The summed E-state index contributed by atoms with van der Waals surface area (Å²) in [5, 5.41) is 0.373. The Hall–Kier alpha value is 0.0900. The Labute approximate surface area is 163 Å². The predicted octanol–water partition coefficient (Wildman–Crippen LogP) is 6.61. The van der Waals surface area contributed by atoms with E-state index in [9.17, 15) is 8.42 Å². The molecule has 0 saturated carbocycles. The summed E-state index contributed by atoms with van der Waals surface area (Å²) in [5.74, 6) is 0. The largest absolute Gasteiger partial charge is 0.298 e. The van der Waals surface area contributed by atoms with Gasteiger partial charge in [0.25, 0.3) is 10.1 Å². The molecule has 0 aliphatic heterocycles. The summed E-state index contributed by atoms with van der Waals surface area (Å²) < 4.78 is 28.4. The standard InChI is InChI=1S/C13H6Cl6O3S/c1-22-23(20,21)10-4-9(17)12(18)11(13(10)19)5-2-7(15)8(16)3-6(5)14/h2-4H,1H3. The molecule has 0 fully saturated rings. The number of benzene rings is 2. The molecular formula is C13H6Cl6O3S. The molecule has 0 N–H and O–H groups in total. The molecule has 0 amide bonds. The fraction of sp³-hybridized carbons (Fsp3) is 0.0769. The van der Waals surface area contributed by atoms with Crippen molar-refractivity contribution in [3.05, 3.63) is 48.3 Å². The monoisotopic (exact) mass is 452 g/mol. The third kappa shape index (κ3) is 3.70. The van der Waals surface area contributed by atoms with Crippen LogP contribution in [-0.2, 0) is 14.3 Å². The molecule has 0 aromatic heterocycles. The van der Waals surface area contributed by atoms with Crippen LogP contribution in [0.15, 0.2) is 23.1 Å². The van der Waals surface area contributed by atoms with Crippen LogP contribution in [0.1, 0.15) is 0 Å². The van der Waals surface area contributed by atoms with E-state index in [1.54, 1.807) is 0 Å². The molecule has 2 aromatic rings. The van der Waals surface area contributed by atoms with E-state index in [4.69, 9.17) is 69.6 Å². The first-order chi connectivity index (χ1) is 10.6. The van der Waals surface area contributed by atoms with Gasteiger partial charge in [0.1, 0.15) is 4.90 Å². The van der Waals surface area contributed by atoms with Crippen LogP contribution in [0.5, 0.6) is 0 Å². The average molecular weight is 455 g/mol. The van der Waals surface area contributed by atoms with Gasteiger partial charge in [0, 0.05) is 11.1 Å². The molecule has 0 aliphatic carbocycles. The van der Waals surface area contributed by atoms with Crippen LogP contribution >= 0.6 is 69.6 Å². The van der Waals surface area contributed by atoms with Crippen LogP contribution in [0, 0.1) is 0 Å². The van der Waals surface area contributed by atoms with Crippen molar-refractivity contribution in [1.29, 1.82) is 0 Å². The lowest BCUT2D eigenvalue weighted by atomic mass is 10.1. The maximum Gasteiger partial charge on any atom is 0.298 e. The van der Waals surface area contributed by atoms with E-state index in [1.807, 2.05) is 0 Å². The highest BCUT2D eigenvalue weighted by molar-refractivity contribution is 7.86. The molecule has 2 rings (SSSR count). The second-order valence-electron chi connectivity index (χ2n) is 4.23. The van der Waals surface area contributed by atoms with Crippen molar-refractivity contribution in [2.24, 2.45) is 0 Å². The lowest BCUT2D eigenvalue weighted by molar-refractivity contribution is 0.398. The molecule has 0 atom stereocenters. The zero-order chi connectivity index (χ0) is 17.5. The van der Waals surface area contributed by atoms with E-state index in [2.05, 4.69) is 4.18 Å². The molecule has 0 unspecified atom stereocenters. The van der Waals surface area contributed by atoms with Crippen molar-refractivity contribution >= 4 is 79.7 Å². The fourth-order valence-corrected chi connectivity index (χ4v) is 4.31. The first-order valence-electron chi connectivity index (χ1n) is 5.73. The Morgan fingerprint density at radius 3 is 1.91 bits per heavy atom. The lowest BCUT2D eigenvalue weighted by Crippen LogP contribution is -2.05. The van der Waals surface area contributed by atoms with E-state index in [-0.39, 0.29) is 46.2 Å². The van der Waals surface area contributed by atoms with Gasteiger partial charge in [0.2, 0.25) is 0 Å². The third-order valence-electron chi connectivity index (χ3n) is 2.89. The van der Waals surface area contributed by atoms with Crippen molar-refractivity contribution in [1.82, 2.24) is 0 Å². The van der Waals surface area contributed by atoms with Crippen molar-refractivity contribution in [3.8, 4) is 11.1 Å². The molecular weight excluding hydrogens is 449 g/mol. The van der Waals surface area contributed by atoms with Crippen LogP contribution in [0.4, 0.5) is 0 Å². The second-order valence-corrected chi connectivity index (χ2v) is 8.29. The Morgan fingerprint density at radius 1 is 0.783 bits per heavy atom. The quantitative estimate of drug-likeness (QED) is 0.387. The van der Waals surface area contributed by atoms with Crippen LogP contribution in [0.2, 0.25) is 30.1 Å². The minimum absolute atomic E-state index is 0.0204. The molecule has 0 aliphatic rings. The normalized spacial score (nSPS) is 11.8. The molecule has 124 valence electrons. The molecule has 0 bridgehead atoms. The van der Waals surface area contributed by atoms with Gasteiger partial charge in [0.05, 0.1) is 37.2 Å². The van der Waals surface area contributed by atoms with E-state index in [0.717, 1.165) is 13.2 Å². The highest BCUT2D eigenvalue weighted by Crippen LogP contribution is 2.46. The average Bonchev–Trinajstić information content (AvgIpc) is 2.48. The minimum Gasteiger partial charge on any atom is -0.270 e. The smallest absolute Gasteiger partial charge is 0.270 e. The topological polar surface area (TPSA) is 43.4 Å². The number of halogens is 6. The summed E-state index contributed by atoms with van der Waals surface area (Å²) in [4.78, 5) is -0.340. The maximum atomic E-state index is 12.0. The van der Waals surface area contributed by atoms with Gasteiger partial charge in [-0.2, -0.15) is 8.42 Å². The van der Waals surface area contributed by atoms with Gasteiger partial charge in [-0.25, -0.2) is 0 Å². The van der Waals surface area contributed by atoms with Crippen LogP contribution in [0.3, 0.4) is 0 Å². The van der Waals surface area contributed by atoms with Gasteiger partial charge in [-0.05, 0) is 18.2 Å². The molecule has 0 spiro atoms. The molecule has 0 heterocycles. The molecule has 2 aromatic carbocycles. The zero-order valence-corrected chi connectivity index (χ0v) is 16.5. The van der Waals surface area contributed by atoms with Crippen molar-refractivity contribution in [2.75, 3.05) is 7.11 Å². The van der Waals surface area contributed by atoms with Crippen LogP contribution in [-0.4, -0.2) is 15.5 Å². The SMILES string of the molecule is COS(=O)(=O)c1cc(Cl)c(Cl)c(-c2cc(Cl)c(Cl)cc2Cl)c1Cl. The summed E-state index contributed by atoms with van der Waals surface area (Å²) in [6.45, 7) is 0. The summed E-state index contributed by atoms with van der Waals surface area (Å²) in [7, 11) is -3.11. The molecule has 10 heteroatoms. The minimum atomic E-state index is -4.11. The van der Waals surface area contributed by atoms with Gasteiger partial charge in [-0.3, -0.25) is 4.18 Å². The Kier molecular flexibility index (Phi) is 6.03. The summed E-state index contributed by atoms with van der Waals surface area (Å²) in [5.41, 5.74) is 0.395. The zero-order valence-electron chi connectivity index (χ0n) is 11.1. The summed E-state index contributed by atoms with van der Waals surface area (Å²) >= 11 is 36.4. The fourth-order valence-electron chi connectivity index (χ4n) is 1.80. The van der Waals surface area contributed by atoms with E-state index in [1.165, 1.54) is 12.1 Å². The van der Waals surface area contributed by atoms with Gasteiger partial charge < -0.3 is 0 Å². The van der Waals surface area contributed by atoms with Gasteiger partial charge >= 0.3 is 0 Å². The molecule has 0 radical (unpaired) electrons. The van der Waals surface area contributed by atoms with Gasteiger partial charge in [0.15, 0.2) is 0 Å². The number of hydrogen-bond acceptors (Lipinski definition) is 3. The Morgan fingerprint density at radius 2 is 1.35 bits per heavy atom. The van der Waals surface area contributed by atoms with Crippen molar-refractivity contribution < 1.29 is 12.6 Å². The lowest BCUT2D eigenvalue weighted by Gasteiger charge is -2.15. The maximum absolute atomic E-state index is 12.0. The first kappa shape index (κ1) is 19.4. The highest BCUT2D eigenvalue weighted by atomic mass is 35.5. The van der Waals surface area contributed by atoms with Gasteiger partial charge in [-0.1, -0.05) is 69.6 Å². The van der Waals surface area contributed by atoms with Crippen LogP contribution < -0.4 is 0 Å². The Balaban J connectivity index is 2.91. The number of rotatable bonds is 3. The Bertz CT molecular complexity index is 895. The summed E-state index contributed by atoms with van der Waals surface area (Å²) in [6.07, 6.45) is 0. The summed E-state index contributed by atoms with van der Waals surface area (Å²) in [6, 6.07) is 3.90. The highest BCUT2D eigenvalue weighted by Gasteiger charge is 2.26.